The Morgan fingerprint density at radius 2 is 1.77 bits per heavy atom. The molecule has 2 saturated heterocycles. The molecular weight excluding hydrogens is 384 g/mol. The number of fused-ring (bicyclic) bond motifs is 3. The SMILES string of the molecule is CC(C)(C)n1ncc2c(N3CC4CCC(C3)O4)nc(-c3ccc([N+](=O)[O-])cc3)nc21. The first-order valence-corrected chi connectivity index (χ1v) is 10.2. The van der Waals surface area contributed by atoms with Gasteiger partial charge in [0.05, 0.1) is 34.3 Å². The number of hydrogen-bond acceptors (Lipinski definition) is 7. The fourth-order valence-corrected chi connectivity index (χ4v) is 4.27. The Balaban J connectivity index is 1.66. The molecule has 0 radical (unpaired) electrons. The summed E-state index contributed by atoms with van der Waals surface area (Å²) in [7, 11) is 0. The Morgan fingerprint density at radius 1 is 1.10 bits per heavy atom. The van der Waals surface area contributed by atoms with Crippen LogP contribution in [0.3, 0.4) is 0 Å². The zero-order chi connectivity index (χ0) is 21.0. The van der Waals surface area contributed by atoms with Gasteiger partial charge in [0, 0.05) is 30.8 Å². The number of ether oxygens (including phenoxy) is 1. The average molecular weight is 408 g/mol. The topological polar surface area (TPSA) is 99.2 Å². The molecular formula is C21H24N6O3. The summed E-state index contributed by atoms with van der Waals surface area (Å²) in [6.07, 6.45) is 4.45. The van der Waals surface area contributed by atoms with E-state index in [9.17, 15) is 10.1 Å². The standard InChI is InChI=1S/C21H24N6O3/c1-21(2,3)26-20-17(10-22-26)19(25-11-15-8-9-16(12-25)30-15)23-18(24-20)13-4-6-14(7-5-13)27(28)29/h4-7,10,15-16H,8-9,11-12H2,1-3H3. The van der Waals surface area contributed by atoms with Crippen molar-refractivity contribution in [3.05, 3.63) is 40.6 Å². The molecule has 0 spiro atoms. The van der Waals surface area contributed by atoms with Gasteiger partial charge in [-0.2, -0.15) is 5.10 Å². The van der Waals surface area contributed by atoms with E-state index in [4.69, 9.17) is 14.7 Å². The molecule has 2 bridgehead atoms. The highest BCUT2D eigenvalue weighted by Crippen LogP contribution is 2.34. The van der Waals surface area contributed by atoms with Crippen molar-refractivity contribution in [1.29, 1.82) is 0 Å². The minimum Gasteiger partial charge on any atom is -0.371 e. The van der Waals surface area contributed by atoms with Gasteiger partial charge in [-0.25, -0.2) is 14.6 Å². The molecule has 30 heavy (non-hydrogen) atoms. The van der Waals surface area contributed by atoms with E-state index in [2.05, 4.69) is 30.8 Å². The van der Waals surface area contributed by atoms with Crippen molar-refractivity contribution in [2.75, 3.05) is 18.0 Å². The van der Waals surface area contributed by atoms with Crippen LogP contribution in [0.1, 0.15) is 33.6 Å². The van der Waals surface area contributed by atoms with E-state index in [0.717, 1.165) is 48.3 Å². The second kappa shape index (κ2) is 6.73. The summed E-state index contributed by atoms with van der Waals surface area (Å²) in [6.45, 7) is 7.84. The monoisotopic (exact) mass is 408 g/mol. The summed E-state index contributed by atoms with van der Waals surface area (Å²) >= 11 is 0. The Labute approximate surface area is 173 Å². The molecule has 2 fully saturated rings. The second-order valence-electron chi connectivity index (χ2n) is 9.00. The van der Waals surface area contributed by atoms with E-state index in [1.54, 1.807) is 12.1 Å². The van der Waals surface area contributed by atoms with Crippen LogP contribution >= 0.6 is 0 Å². The molecule has 2 aliphatic rings. The van der Waals surface area contributed by atoms with Crippen LogP contribution in [-0.2, 0) is 10.3 Å². The molecule has 156 valence electrons. The third-order valence-electron chi connectivity index (χ3n) is 5.72. The van der Waals surface area contributed by atoms with Gasteiger partial charge in [-0.05, 0) is 45.7 Å². The predicted molar refractivity (Wildman–Crippen MR) is 113 cm³/mol. The fourth-order valence-electron chi connectivity index (χ4n) is 4.27. The molecule has 5 rings (SSSR count). The van der Waals surface area contributed by atoms with E-state index in [1.807, 2.05) is 10.9 Å². The number of nitrogens with zero attached hydrogens (tertiary/aromatic N) is 6. The number of rotatable bonds is 3. The van der Waals surface area contributed by atoms with E-state index in [1.165, 1.54) is 12.1 Å². The van der Waals surface area contributed by atoms with Gasteiger partial charge in [-0.1, -0.05) is 0 Å². The van der Waals surface area contributed by atoms with Crippen LogP contribution < -0.4 is 4.90 Å². The van der Waals surface area contributed by atoms with Crippen molar-refractivity contribution in [2.24, 2.45) is 0 Å². The van der Waals surface area contributed by atoms with Gasteiger partial charge in [-0.15, -0.1) is 0 Å². The van der Waals surface area contributed by atoms with E-state index < -0.39 is 4.92 Å². The van der Waals surface area contributed by atoms with Gasteiger partial charge in [0.2, 0.25) is 0 Å². The van der Waals surface area contributed by atoms with Crippen LogP contribution in [-0.4, -0.2) is 50.0 Å². The fraction of sp³-hybridized carbons (Fsp3) is 0.476. The molecule has 2 aliphatic heterocycles. The Hall–Kier alpha value is -3.07. The van der Waals surface area contributed by atoms with Crippen LogP contribution in [0, 0.1) is 10.1 Å². The first-order chi connectivity index (χ1) is 14.3. The molecule has 1 aromatic carbocycles. The lowest BCUT2D eigenvalue weighted by atomic mass is 10.1. The van der Waals surface area contributed by atoms with Crippen LogP contribution in [0.2, 0.25) is 0 Å². The molecule has 0 amide bonds. The highest BCUT2D eigenvalue weighted by molar-refractivity contribution is 5.89. The quantitative estimate of drug-likeness (QED) is 0.483. The molecule has 2 atom stereocenters. The molecule has 9 heteroatoms. The average Bonchev–Trinajstić information content (AvgIpc) is 3.29. The highest BCUT2D eigenvalue weighted by Gasteiger charge is 2.35. The summed E-state index contributed by atoms with van der Waals surface area (Å²) in [5.74, 6) is 1.39. The zero-order valence-corrected chi connectivity index (χ0v) is 17.3. The smallest absolute Gasteiger partial charge is 0.269 e. The third kappa shape index (κ3) is 3.19. The molecule has 9 nitrogen and oxygen atoms in total. The zero-order valence-electron chi connectivity index (χ0n) is 17.3. The van der Waals surface area contributed by atoms with Crippen molar-refractivity contribution in [1.82, 2.24) is 19.7 Å². The van der Waals surface area contributed by atoms with Crippen LogP contribution in [0.15, 0.2) is 30.5 Å². The number of nitro groups is 1. The number of benzene rings is 1. The number of nitro benzene ring substituents is 1. The number of anilines is 1. The van der Waals surface area contributed by atoms with Crippen molar-refractivity contribution in [3.8, 4) is 11.4 Å². The van der Waals surface area contributed by atoms with E-state index in [0.29, 0.717) is 5.82 Å². The molecule has 0 N–H and O–H groups in total. The van der Waals surface area contributed by atoms with Gasteiger partial charge < -0.3 is 9.64 Å². The first kappa shape index (κ1) is 18.9. The predicted octanol–water partition coefficient (Wildman–Crippen LogP) is 3.52. The van der Waals surface area contributed by atoms with Crippen LogP contribution in [0.4, 0.5) is 11.5 Å². The van der Waals surface area contributed by atoms with Gasteiger partial charge >= 0.3 is 0 Å². The van der Waals surface area contributed by atoms with Gasteiger partial charge in [-0.3, -0.25) is 10.1 Å². The minimum absolute atomic E-state index is 0.0459. The Kier molecular flexibility index (Phi) is 4.25. The lowest BCUT2D eigenvalue weighted by Gasteiger charge is -2.33. The normalized spacial score (nSPS) is 21.4. The molecule has 4 heterocycles. The third-order valence-corrected chi connectivity index (χ3v) is 5.72. The molecule has 0 aliphatic carbocycles. The summed E-state index contributed by atoms with van der Waals surface area (Å²) in [5.41, 5.74) is 1.30. The molecule has 2 unspecified atom stereocenters. The lowest BCUT2D eigenvalue weighted by molar-refractivity contribution is -0.384. The van der Waals surface area contributed by atoms with Crippen molar-refractivity contribution in [2.45, 2.75) is 51.4 Å². The van der Waals surface area contributed by atoms with Crippen molar-refractivity contribution < 1.29 is 9.66 Å². The van der Waals surface area contributed by atoms with Crippen LogP contribution in [0.25, 0.3) is 22.4 Å². The van der Waals surface area contributed by atoms with Crippen molar-refractivity contribution >= 4 is 22.5 Å². The molecule has 2 aromatic heterocycles. The number of non-ortho nitro benzene ring substituents is 1. The Morgan fingerprint density at radius 3 is 2.37 bits per heavy atom. The summed E-state index contributed by atoms with van der Waals surface area (Å²) in [6, 6.07) is 6.37. The lowest BCUT2D eigenvalue weighted by Crippen LogP contribution is -2.43. The second-order valence-corrected chi connectivity index (χ2v) is 9.00. The minimum atomic E-state index is -0.405. The summed E-state index contributed by atoms with van der Waals surface area (Å²) in [5, 5.41) is 16.5. The highest BCUT2D eigenvalue weighted by atomic mass is 16.6. The maximum Gasteiger partial charge on any atom is 0.269 e. The maximum absolute atomic E-state index is 11.0. The van der Waals surface area contributed by atoms with Crippen LogP contribution in [0.5, 0.6) is 0 Å². The summed E-state index contributed by atoms with van der Waals surface area (Å²) in [4.78, 5) is 22.6. The van der Waals surface area contributed by atoms with Gasteiger partial charge in [0.25, 0.3) is 5.69 Å². The number of aromatic nitrogens is 4. The molecule has 3 aromatic rings. The summed E-state index contributed by atoms with van der Waals surface area (Å²) < 4.78 is 7.92. The van der Waals surface area contributed by atoms with E-state index in [-0.39, 0.29) is 23.4 Å². The van der Waals surface area contributed by atoms with E-state index >= 15 is 0 Å². The molecule has 0 saturated carbocycles. The Bertz CT molecular complexity index is 1110. The first-order valence-electron chi connectivity index (χ1n) is 10.2. The van der Waals surface area contributed by atoms with Gasteiger partial charge in [0.15, 0.2) is 11.5 Å². The van der Waals surface area contributed by atoms with Gasteiger partial charge in [0.1, 0.15) is 5.82 Å². The number of morpholine rings is 1. The largest absolute Gasteiger partial charge is 0.371 e. The maximum atomic E-state index is 11.0. The van der Waals surface area contributed by atoms with Crippen molar-refractivity contribution in [3.63, 3.8) is 0 Å². The number of hydrogen-bond donors (Lipinski definition) is 0.